The summed E-state index contributed by atoms with van der Waals surface area (Å²) in [4.78, 5) is 4.47. The second kappa shape index (κ2) is 6.61. The fourth-order valence-electron chi connectivity index (χ4n) is 3.43. The quantitative estimate of drug-likeness (QED) is 0.556. The predicted molar refractivity (Wildman–Crippen MR) is 105 cm³/mol. The maximum absolute atomic E-state index is 15.0. The molecular weight excluding hydrogens is 341 g/mol. The average molecular weight is 363 g/mol. The summed E-state index contributed by atoms with van der Waals surface area (Å²) in [5.41, 5.74) is 5.58. The van der Waals surface area contributed by atoms with E-state index in [0.717, 1.165) is 39.7 Å². The van der Waals surface area contributed by atoms with Crippen LogP contribution >= 0.6 is 0 Å². The van der Waals surface area contributed by atoms with Crippen molar-refractivity contribution in [1.29, 1.82) is 0 Å². The average Bonchev–Trinajstić information content (AvgIpc) is 3.25. The molecule has 4 rings (SSSR count). The van der Waals surface area contributed by atoms with Gasteiger partial charge in [-0.15, -0.1) is 0 Å². The first-order valence-electron chi connectivity index (χ1n) is 9.11. The lowest BCUT2D eigenvalue weighted by Crippen LogP contribution is -1.98. The summed E-state index contributed by atoms with van der Waals surface area (Å²) in [7, 11) is 1.86. The van der Waals surface area contributed by atoms with Crippen LogP contribution in [0.25, 0.3) is 33.4 Å². The van der Waals surface area contributed by atoms with Crippen molar-refractivity contribution < 1.29 is 4.39 Å². The molecule has 138 valence electrons. The number of hydrogen-bond donors (Lipinski definition) is 1. The van der Waals surface area contributed by atoms with Gasteiger partial charge in [0, 0.05) is 29.8 Å². The number of aryl methyl sites for hydroxylation is 2. The summed E-state index contributed by atoms with van der Waals surface area (Å²) >= 11 is 0. The highest BCUT2D eigenvalue weighted by Gasteiger charge is 2.17. The Morgan fingerprint density at radius 3 is 2.70 bits per heavy atom. The van der Waals surface area contributed by atoms with Gasteiger partial charge >= 0.3 is 0 Å². The molecule has 1 aromatic carbocycles. The molecule has 1 atom stereocenters. The van der Waals surface area contributed by atoms with Crippen LogP contribution in [0, 0.1) is 12.7 Å². The lowest BCUT2D eigenvalue weighted by molar-refractivity contribution is 0.621. The van der Waals surface area contributed by atoms with Crippen LogP contribution in [0.5, 0.6) is 0 Å². The van der Waals surface area contributed by atoms with E-state index >= 15 is 0 Å². The summed E-state index contributed by atoms with van der Waals surface area (Å²) in [5.74, 6) is 0.0947. The number of nitrogens with one attached hydrogen (secondary N) is 1. The van der Waals surface area contributed by atoms with Crippen LogP contribution in [0.3, 0.4) is 0 Å². The van der Waals surface area contributed by atoms with Crippen LogP contribution in [0.2, 0.25) is 0 Å². The van der Waals surface area contributed by atoms with Crippen LogP contribution in [-0.4, -0.2) is 25.0 Å². The van der Waals surface area contributed by atoms with Crippen molar-refractivity contribution in [1.82, 2.24) is 25.0 Å². The SMILES string of the molecule is CCC(C)c1cc(C)c(-c2cc3c(-c4cnn(C)c4)n[nH]c3cn2)c(F)c1. The molecule has 3 aromatic heterocycles. The molecule has 4 aromatic rings. The van der Waals surface area contributed by atoms with Gasteiger partial charge < -0.3 is 0 Å². The zero-order valence-electron chi connectivity index (χ0n) is 15.9. The van der Waals surface area contributed by atoms with Gasteiger partial charge in [-0.05, 0) is 42.5 Å². The van der Waals surface area contributed by atoms with Gasteiger partial charge in [-0.1, -0.05) is 19.9 Å². The molecule has 6 heteroatoms. The van der Waals surface area contributed by atoms with Crippen molar-refractivity contribution in [3.05, 3.63) is 53.7 Å². The molecule has 0 aliphatic rings. The van der Waals surface area contributed by atoms with Crippen molar-refractivity contribution in [3.8, 4) is 22.5 Å². The Labute approximate surface area is 157 Å². The molecule has 0 spiro atoms. The van der Waals surface area contributed by atoms with Crippen molar-refractivity contribution >= 4 is 10.9 Å². The van der Waals surface area contributed by atoms with E-state index in [1.807, 2.05) is 26.2 Å². The summed E-state index contributed by atoms with van der Waals surface area (Å²) < 4.78 is 16.7. The number of rotatable bonds is 4. The highest BCUT2D eigenvalue weighted by molar-refractivity contribution is 5.94. The third kappa shape index (κ3) is 3.01. The van der Waals surface area contributed by atoms with E-state index in [2.05, 4.69) is 40.2 Å². The first kappa shape index (κ1) is 17.4. The van der Waals surface area contributed by atoms with Gasteiger partial charge in [0.1, 0.15) is 11.5 Å². The van der Waals surface area contributed by atoms with Crippen LogP contribution < -0.4 is 0 Å². The molecular formula is C21H22FN5. The van der Waals surface area contributed by atoms with Gasteiger partial charge in [0.15, 0.2) is 0 Å². The molecule has 0 aliphatic carbocycles. The first-order chi connectivity index (χ1) is 13.0. The molecule has 0 fully saturated rings. The molecule has 1 unspecified atom stereocenters. The molecule has 0 saturated carbocycles. The molecule has 27 heavy (non-hydrogen) atoms. The Kier molecular flexibility index (Phi) is 4.26. The van der Waals surface area contributed by atoms with Gasteiger partial charge in [0.25, 0.3) is 0 Å². The zero-order chi connectivity index (χ0) is 19.1. The van der Waals surface area contributed by atoms with Crippen molar-refractivity contribution in [2.45, 2.75) is 33.1 Å². The Morgan fingerprint density at radius 1 is 1.22 bits per heavy atom. The normalized spacial score (nSPS) is 12.6. The number of aromatic nitrogens is 5. The predicted octanol–water partition coefficient (Wildman–Crippen LogP) is 4.99. The monoisotopic (exact) mass is 363 g/mol. The Hall–Kier alpha value is -3.02. The number of halogens is 1. The van der Waals surface area contributed by atoms with Gasteiger partial charge in [-0.2, -0.15) is 10.2 Å². The largest absolute Gasteiger partial charge is 0.276 e. The lowest BCUT2D eigenvalue weighted by atomic mass is 9.93. The maximum Gasteiger partial charge on any atom is 0.133 e. The highest BCUT2D eigenvalue weighted by atomic mass is 19.1. The fourth-order valence-corrected chi connectivity index (χ4v) is 3.43. The standard InChI is InChI=1S/C21H22FN5/c1-5-12(2)14-6-13(3)20(17(22)7-14)18-8-16-19(10-23-18)25-26-21(16)15-9-24-27(4)11-15/h6-12H,5H2,1-4H3,(H,25,26). The van der Waals surface area contributed by atoms with Crippen LogP contribution in [0.15, 0.2) is 36.8 Å². The highest BCUT2D eigenvalue weighted by Crippen LogP contribution is 2.33. The van der Waals surface area contributed by atoms with E-state index in [1.165, 1.54) is 0 Å². The Morgan fingerprint density at radius 2 is 2.04 bits per heavy atom. The number of benzene rings is 1. The van der Waals surface area contributed by atoms with Crippen LogP contribution in [0.4, 0.5) is 4.39 Å². The third-order valence-corrected chi connectivity index (χ3v) is 5.17. The topological polar surface area (TPSA) is 59.4 Å². The minimum absolute atomic E-state index is 0.233. The van der Waals surface area contributed by atoms with E-state index < -0.39 is 0 Å². The zero-order valence-corrected chi connectivity index (χ0v) is 15.9. The van der Waals surface area contributed by atoms with Gasteiger partial charge in [0.2, 0.25) is 0 Å². The van der Waals surface area contributed by atoms with Crippen molar-refractivity contribution in [2.75, 3.05) is 0 Å². The number of aromatic amines is 1. The van der Waals surface area contributed by atoms with E-state index in [4.69, 9.17) is 0 Å². The molecule has 5 nitrogen and oxygen atoms in total. The second-order valence-electron chi connectivity index (χ2n) is 7.09. The van der Waals surface area contributed by atoms with Crippen LogP contribution in [0.1, 0.15) is 37.3 Å². The fraction of sp³-hybridized carbons (Fsp3) is 0.286. The van der Waals surface area contributed by atoms with Gasteiger partial charge in [-0.3, -0.25) is 14.8 Å². The maximum atomic E-state index is 15.0. The Balaban J connectivity index is 1.85. The third-order valence-electron chi connectivity index (χ3n) is 5.17. The Bertz CT molecular complexity index is 1100. The second-order valence-corrected chi connectivity index (χ2v) is 7.09. The number of H-pyrrole nitrogens is 1. The molecule has 0 saturated heterocycles. The molecule has 3 heterocycles. The van der Waals surface area contributed by atoms with E-state index in [9.17, 15) is 4.39 Å². The molecule has 0 aliphatic heterocycles. The van der Waals surface area contributed by atoms with E-state index in [0.29, 0.717) is 17.2 Å². The number of fused-ring (bicyclic) bond motifs is 1. The molecule has 0 radical (unpaired) electrons. The van der Waals surface area contributed by atoms with E-state index in [1.54, 1.807) is 23.1 Å². The summed E-state index contributed by atoms with van der Waals surface area (Å²) in [6.07, 6.45) is 6.36. The first-order valence-corrected chi connectivity index (χ1v) is 9.11. The number of hydrogen-bond acceptors (Lipinski definition) is 3. The minimum atomic E-state index is -0.233. The summed E-state index contributed by atoms with van der Waals surface area (Å²) in [6, 6.07) is 5.60. The summed E-state index contributed by atoms with van der Waals surface area (Å²) in [5, 5.41) is 12.5. The smallest absolute Gasteiger partial charge is 0.133 e. The lowest BCUT2D eigenvalue weighted by Gasteiger charge is -2.14. The molecule has 0 bridgehead atoms. The van der Waals surface area contributed by atoms with Crippen molar-refractivity contribution in [2.24, 2.45) is 7.05 Å². The number of pyridine rings is 1. The minimum Gasteiger partial charge on any atom is -0.276 e. The van der Waals surface area contributed by atoms with E-state index in [-0.39, 0.29) is 5.82 Å². The number of nitrogens with zero attached hydrogens (tertiary/aromatic N) is 4. The van der Waals surface area contributed by atoms with Gasteiger partial charge in [-0.25, -0.2) is 4.39 Å². The van der Waals surface area contributed by atoms with Gasteiger partial charge in [0.05, 0.1) is 23.6 Å². The molecule has 0 amide bonds. The molecule has 1 N–H and O–H groups in total. The van der Waals surface area contributed by atoms with Crippen LogP contribution in [-0.2, 0) is 7.05 Å². The summed E-state index contributed by atoms with van der Waals surface area (Å²) in [6.45, 7) is 6.16. The van der Waals surface area contributed by atoms with Crippen molar-refractivity contribution in [3.63, 3.8) is 0 Å².